The second kappa shape index (κ2) is 3.10. The minimum absolute atomic E-state index is 0.00565. The molecule has 2 aromatic heterocycles. The molecule has 0 aliphatic rings. The Morgan fingerprint density at radius 2 is 2.21 bits per heavy atom. The standard InChI is InChI=1S/C9H8FN3O/c1-14-7-3-2-6-9(13-7)8(11)5(10)4-12-6/h2-4H,1H3,(H2,11,12). The maximum atomic E-state index is 13.0. The van der Waals surface area contributed by atoms with Crippen LogP contribution in [0.2, 0.25) is 0 Å². The van der Waals surface area contributed by atoms with Gasteiger partial charge in [0.1, 0.15) is 5.52 Å². The largest absolute Gasteiger partial charge is 0.481 e. The van der Waals surface area contributed by atoms with Gasteiger partial charge in [-0.15, -0.1) is 0 Å². The highest BCUT2D eigenvalue weighted by Crippen LogP contribution is 2.21. The first-order valence-corrected chi connectivity index (χ1v) is 3.97. The van der Waals surface area contributed by atoms with Crippen molar-refractivity contribution in [3.05, 3.63) is 24.1 Å². The molecule has 0 saturated heterocycles. The number of methoxy groups -OCH3 is 1. The molecule has 0 atom stereocenters. The van der Waals surface area contributed by atoms with Crippen LogP contribution in [-0.4, -0.2) is 17.1 Å². The highest BCUT2D eigenvalue weighted by molar-refractivity contribution is 5.86. The van der Waals surface area contributed by atoms with Gasteiger partial charge in [0.25, 0.3) is 0 Å². The van der Waals surface area contributed by atoms with E-state index in [1.54, 1.807) is 12.1 Å². The van der Waals surface area contributed by atoms with Crippen LogP contribution in [0.4, 0.5) is 10.1 Å². The Hall–Kier alpha value is -1.91. The number of pyridine rings is 2. The van der Waals surface area contributed by atoms with E-state index in [4.69, 9.17) is 10.5 Å². The van der Waals surface area contributed by atoms with E-state index in [0.29, 0.717) is 16.9 Å². The number of ether oxygens (including phenoxy) is 1. The van der Waals surface area contributed by atoms with Crippen molar-refractivity contribution in [2.45, 2.75) is 0 Å². The molecule has 0 aromatic carbocycles. The molecule has 2 heterocycles. The molecule has 0 aliphatic carbocycles. The summed E-state index contributed by atoms with van der Waals surface area (Å²) in [6.07, 6.45) is 1.08. The molecule has 2 rings (SSSR count). The summed E-state index contributed by atoms with van der Waals surface area (Å²) in [7, 11) is 1.48. The molecule has 4 nitrogen and oxygen atoms in total. The van der Waals surface area contributed by atoms with Crippen molar-refractivity contribution in [1.29, 1.82) is 0 Å². The van der Waals surface area contributed by atoms with Crippen molar-refractivity contribution in [3.63, 3.8) is 0 Å². The number of halogens is 1. The van der Waals surface area contributed by atoms with Gasteiger partial charge in [0.2, 0.25) is 5.88 Å². The van der Waals surface area contributed by atoms with E-state index < -0.39 is 5.82 Å². The fraction of sp³-hybridized carbons (Fsp3) is 0.111. The van der Waals surface area contributed by atoms with Crippen molar-refractivity contribution in [2.75, 3.05) is 12.8 Å². The van der Waals surface area contributed by atoms with Crippen LogP contribution in [0.3, 0.4) is 0 Å². The number of hydrogen-bond donors (Lipinski definition) is 1. The molecule has 0 spiro atoms. The zero-order valence-corrected chi connectivity index (χ0v) is 7.49. The van der Waals surface area contributed by atoms with E-state index in [1.807, 2.05) is 0 Å². The van der Waals surface area contributed by atoms with Crippen molar-refractivity contribution < 1.29 is 9.13 Å². The van der Waals surface area contributed by atoms with Gasteiger partial charge in [-0.3, -0.25) is 4.98 Å². The summed E-state index contributed by atoms with van der Waals surface area (Å²) in [6.45, 7) is 0. The van der Waals surface area contributed by atoms with Crippen LogP contribution in [0.1, 0.15) is 0 Å². The molecule has 0 saturated carbocycles. The summed E-state index contributed by atoms with van der Waals surface area (Å²) in [6, 6.07) is 3.32. The van der Waals surface area contributed by atoms with Crippen molar-refractivity contribution in [3.8, 4) is 5.88 Å². The van der Waals surface area contributed by atoms with Crippen LogP contribution in [0.15, 0.2) is 18.3 Å². The third kappa shape index (κ3) is 1.22. The van der Waals surface area contributed by atoms with Crippen LogP contribution >= 0.6 is 0 Å². The zero-order chi connectivity index (χ0) is 10.1. The van der Waals surface area contributed by atoms with Gasteiger partial charge in [0.15, 0.2) is 5.82 Å². The van der Waals surface area contributed by atoms with Gasteiger partial charge >= 0.3 is 0 Å². The van der Waals surface area contributed by atoms with Crippen molar-refractivity contribution in [2.24, 2.45) is 0 Å². The predicted octanol–water partition coefficient (Wildman–Crippen LogP) is 1.36. The number of aromatic nitrogens is 2. The number of anilines is 1. The highest BCUT2D eigenvalue weighted by atomic mass is 19.1. The highest BCUT2D eigenvalue weighted by Gasteiger charge is 2.07. The van der Waals surface area contributed by atoms with E-state index in [2.05, 4.69) is 9.97 Å². The number of fused-ring (bicyclic) bond motifs is 1. The maximum Gasteiger partial charge on any atom is 0.213 e. The summed E-state index contributed by atoms with van der Waals surface area (Å²) in [5.41, 5.74) is 6.37. The third-order valence-electron chi connectivity index (χ3n) is 1.89. The molecule has 0 radical (unpaired) electrons. The molecule has 2 aromatic rings. The number of hydrogen-bond acceptors (Lipinski definition) is 4. The van der Waals surface area contributed by atoms with Crippen LogP contribution in [0, 0.1) is 5.82 Å². The van der Waals surface area contributed by atoms with Gasteiger partial charge in [-0.1, -0.05) is 0 Å². The summed E-state index contributed by atoms with van der Waals surface area (Å²) in [5.74, 6) is -0.185. The average molecular weight is 193 g/mol. The number of nitrogens with zero attached hydrogens (tertiary/aromatic N) is 2. The Balaban J connectivity index is 2.78. The van der Waals surface area contributed by atoms with Gasteiger partial charge in [-0.25, -0.2) is 9.37 Å². The lowest BCUT2D eigenvalue weighted by Gasteiger charge is -2.03. The predicted molar refractivity (Wildman–Crippen MR) is 50.5 cm³/mol. The van der Waals surface area contributed by atoms with E-state index >= 15 is 0 Å². The van der Waals surface area contributed by atoms with Crippen LogP contribution in [0.5, 0.6) is 5.88 Å². The van der Waals surface area contributed by atoms with Gasteiger partial charge in [-0.05, 0) is 6.07 Å². The Morgan fingerprint density at radius 1 is 1.43 bits per heavy atom. The monoisotopic (exact) mass is 193 g/mol. The number of rotatable bonds is 1. The Kier molecular flexibility index (Phi) is 1.92. The summed E-state index contributed by atoms with van der Waals surface area (Å²) in [4.78, 5) is 7.85. The summed E-state index contributed by atoms with van der Waals surface area (Å²) in [5, 5.41) is 0. The van der Waals surface area contributed by atoms with E-state index in [0.717, 1.165) is 6.20 Å². The van der Waals surface area contributed by atoms with Crippen LogP contribution in [-0.2, 0) is 0 Å². The Labute approximate surface area is 79.5 Å². The molecule has 0 aliphatic heterocycles. The van der Waals surface area contributed by atoms with Gasteiger partial charge in [-0.2, -0.15) is 0 Å². The van der Waals surface area contributed by atoms with E-state index in [9.17, 15) is 4.39 Å². The molecular weight excluding hydrogens is 185 g/mol. The normalized spacial score (nSPS) is 10.4. The SMILES string of the molecule is COc1ccc2ncc(F)c(N)c2n1. The topological polar surface area (TPSA) is 61.0 Å². The average Bonchev–Trinajstić information content (AvgIpc) is 2.23. The van der Waals surface area contributed by atoms with Gasteiger partial charge in [0, 0.05) is 6.07 Å². The van der Waals surface area contributed by atoms with Gasteiger partial charge < -0.3 is 10.5 Å². The second-order valence-electron chi connectivity index (χ2n) is 2.74. The summed E-state index contributed by atoms with van der Waals surface area (Å²) < 4.78 is 17.9. The van der Waals surface area contributed by atoms with Crippen LogP contribution in [0.25, 0.3) is 11.0 Å². The van der Waals surface area contributed by atoms with Crippen molar-refractivity contribution in [1.82, 2.24) is 9.97 Å². The molecule has 2 N–H and O–H groups in total. The minimum atomic E-state index is -0.571. The first-order chi connectivity index (χ1) is 6.72. The second-order valence-corrected chi connectivity index (χ2v) is 2.74. The minimum Gasteiger partial charge on any atom is -0.481 e. The lowest BCUT2D eigenvalue weighted by atomic mass is 10.3. The molecular formula is C9H8FN3O. The summed E-state index contributed by atoms with van der Waals surface area (Å²) >= 11 is 0. The molecule has 72 valence electrons. The fourth-order valence-electron chi connectivity index (χ4n) is 1.16. The first kappa shape index (κ1) is 8.68. The third-order valence-corrected chi connectivity index (χ3v) is 1.89. The lowest BCUT2D eigenvalue weighted by molar-refractivity contribution is 0.399. The Bertz CT molecular complexity index is 487. The molecule has 14 heavy (non-hydrogen) atoms. The van der Waals surface area contributed by atoms with Gasteiger partial charge in [0.05, 0.1) is 24.5 Å². The molecule has 0 fully saturated rings. The molecule has 0 amide bonds. The van der Waals surface area contributed by atoms with Crippen molar-refractivity contribution >= 4 is 16.7 Å². The Morgan fingerprint density at radius 3 is 2.93 bits per heavy atom. The maximum absolute atomic E-state index is 13.0. The molecule has 5 heteroatoms. The quantitative estimate of drug-likeness (QED) is 0.742. The first-order valence-electron chi connectivity index (χ1n) is 3.97. The lowest BCUT2D eigenvalue weighted by Crippen LogP contribution is -1.97. The number of nitrogen functional groups attached to an aromatic ring is 1. The van der Waals surface area contributed by atoms with E-state index in [1.165, 1.54) is 7.11 Å². The molecule has 0 unspecified atom stereocenters. The van der Waals surface area contributed by atoms with E-state index in [-0.39, 0.29) is 5.69 Å². The smallest absolute Gasteiger partial charge is 0.213 e. The fourth-order valence-corrected chi connectivity index (χ4v) is 1.16. The zero-order valence-electron chi connectivity index (χ0n) is 7.49. The number of nitrogens with two attached hydrogens (primary N) is 1. The van der Waals surface area contributed by atoms with Crippen LogP contribution < -0.4 is 10.5 Å². The molecule has 0 bridgehead atoms.